The fraction of sp³-hybridized carbons (Fsp3) is 0.150. The third-order valence-corrected chi connectivity index (χ3v) is 5.62. The second kappa shape index (κ2) is 7.82. The summed E-state index contributed by atoms with van der Waals surface area (Å²) >= 11 is 7.93. The highest BCUT2D eigenvalue weighted by molar-refractivity contribution is 7.99. The number of halogens is 4. The van der Waals surface area contributed by atoms with Crippen molar-refractivity contribution >= 4 is 34.7 Å². The van der Waals surface area contributed by atoms with E-state index in [9.17, 15) is 13.2 Å². The summed E-state index contributed by atoms with van der Waals surface area (Å²) in [6, 6.07) is 14.3. The Morgan fingerprint density at radius 2 is 1.74 bits per heavy atom. The molecule has 0 aliphatic rings. The van der Waals surface area contributed by atoms with Crippen molar-refractivity contribution in [2.45, 2.75) is 29.8 Å². The van der Waals surface area contributed by atoms with Crippen LogP contribution in [0.4, 0.5) is 24.5 Å². The predicted molar refractivity (Wildman–Crippen MR) is 104 cm³/mol. The molecule has 1 aromatic heterocycles. The molecule has 2 aromatic carbocycles. The highest BCUT2D eigenvalue weighted by atomic mass is 35.5. The molecule has 0 aliphatic carbocycles. The van der Waals surface area contributed by atoms with Gasteiger partial charge >= 0.3 is 6.18 Å². The minimum Gasteiger partial charge on any atom is -0.354 e. The van der Waals surface area contributed by atoms with Gasteiger partial charge in [-0.1, -0.05) is 41.6 Å². The molecule has 3 aromatic rings. The second-order valence-electron chi connectivity index (χ2n) is 5.99. The van der Waals surface area contributed by atoms with E-state index in [0.717, 1.165) is 27.6 Å². The zero-order valence-electron chi connectivity index (χ0n) is 14.6. The molecule has 0 spiro atoms. The Hall–Kier alpha value is -2.18. The van der Waals surface area contributed by atoms with Crippen molar-refractivity contribution in [2.75, 3.05) is 5.32 Å². The van der Waals surface area contributed by atoms with Gasteiger partial charge in [-0.25, -0.2) is 0 Å². The average molecular weight is 409 g/mol. The van der Waals surface area contributed by atoms with Crippen molar-refractivity contribution in [1.29, 1.82) is 0 Å². The number of hydrogen-bond acceptors (Lipinski definition) is 3. The molecule has 0 saturated carbocycles. The van der Waals surface area contributed by atoms with E-state index in [4.69, 9.17) is 11.6 Å². The zero-order valence-corrected chi connectivity index (χ0v) is 16.1. The van der Waals surface area contributed by atoms with Crippen molar-refractivity contribution in [3.63, 3.8) is 0 Å². The van der Waals surface area contributed by atoms with Gasteiger partial charge in [0.15, 0.2) is 0 Å². The van der Waals surface area contributed by atoms with Gasteiger partial charge in [0.05, 0.1) is 22.0 Å². The third-order valence-electron chi connectivity index (χ3n) is 3.94. The first-order valence-corrected chi connectivity index (χ1v) is 9.27. The van der Waals surface area contributed by atoms with Crippen LogP contribution in [0.25, 0.3) is 0 Å². The van der Waals surface area contributed by atoms with E-state index in [1.807, 2.05) is 37.3 Å². The number of alkyl halides is 3. The Labute approximate surface area is 164 Å². The summed E-state index contributed by atoms with van der Waals surface area (Å²) in [7, 11) is 0. The topological polar surface area (TPSA) is 24.9 Å². The van der Waals surface area contributed by atoms with Crippen LogP contribution in [0.15, 0.2) is 64.5 Å². The van der Waals surface area contributed by atoms with E-state index in [1.165, 1.54) is 0 Å². The molecule has 0 amide bonds. The van der Waals surface area contributed by atoms with Crippen LogP contribution >= 0.6 is 23.4 Å². The first-order valence-electron chi connectivity index (χ1n) is 8.08. The van der Waals surface area contributed by atoms with E-state index in [0.29, 0.717) is 22.1 Å². The molecule has 7 heteroatoms. The molecular weight excluding hydrogens is 393 g/mol. The Morgan fingerprint density at radius 3 is 2.41 bits per heavy atom. The van der Waals surface area contributed by atoms with Crippen LogP contribution in [0.5, 0.6) is 0 Å². The summed E-state index contributed by atoms with van der Waals surface area (Å²) in [5.41, 5.74) is 1.70. The number of aryl methyl sites for hydroxylation is 2. The van der Waals surface area contributed by atoms with Gasteiger partial charge in [0, 0.05) is 21.7 Å². The van der Waals surface area contributed by atoms with Gasteiger partial charge in [-0.05, 0) is 49.7 Å². The number of anilines is 2. The predicted octanol–water partition coefficient (Wildman–Crippen LogP) is 7.27. The monoisotopic (exact) mass is 408 g/mol. The maximum absolute atomic E-state index is 12.9. The van der Waals surface area contributed by atoms with Gasteiger partial charge in [0.25, 0.3) is 0 Å². The number of rotatable bonds is 4. The minimum absolute atomic E-state index is 0.292. The van der Waals surface area contributed by atoms with Crippen LogP contribution in [0, 0.1) is 13.8 Å². The SMILES string of the molecule is Cc1ccccc1Sc1ccc(Nc2cc(C(F)(F)F)cnc2C)cc1Cl. The molecule has 3 rings (SSSR count). The van der Waals surface area contributed by atoms with Crippen molar-refractivity contribution in [3.05, 3.63) is 76.6 Å². The summed E-state index contributed by atoms with van der Waals surface area (Å²) in [6.07, 6.45) is -3.61. The maximum atomic E-state index is 12.9. The van der Waals surface area contributed by atoms with E-state index in [-0.39, 0.29) is 0 Å². The smallest absolute Gasteiger partial charge is 0.354 e. The molecule has 1 N–H and O–H groups in total. The van der Waals surface area contributed by atoms with E-state index in [2.05, 4.69) is 10.3 Å². The molecule has 0 atom stereocenters. The van der Waals surface area contributed by atoms with Crippen LogP contribution in [-0.2, 0) is 6.18 Å². The Kier molecular flexibility index (Phi) is 5.67. The quantitative estimate of drug-likeness (QED) is 0.491. The summed E-state index contributed by atoms with van der Waals surface area (Å²) in [4.78, 5) is 5.79. The minimum atomic E-state index is -4.44. The third kappa shape index (κ3) is 4.76. The summed E-state index contributed by atoms with van der Waals surface area (Å²) in [6.45, 7) is 3.67. The number of nitrogens with zero attached hydrogens (tertiary/aromatic N) is 1. The highest BCUT2D eigenvalue weighted by Gasteiger charge is 2.31. The Bertz CT molecular complexity index is 974. The standard InChI is InChI=1S/C20H16ClF3N2S/c1-12-5-3-4-6-18(12)27-19-8-7-15(10-16(19)21)26-17-9-14(20(22,23)24)11-25-13(17)2/h3-11,26H,1-2H3. The molecule has 0 aliphatic heterocycles. The van der Waals surface area contributed by atoms with E-state index < -0.39 is 11.7 Å². The van der Waals surface area contributed by atoms with Gasteiger partial charge in [0.2, 0.25) is 0 Å². The molecule has 2 nitrogen and oxygen atoms in total. The Balaban J connectivity index is 1.83. The second-order valence-corrected chi connectivity index (χ2v) is 7.48. The molecule has 1 heterocycles. The van der Waals surface area contributed by atoms with Gasteiger partial charge < -0.3 is 5.32 Å². The molecular formula is C20H16ClF3N2S. The van der Waals surface area contributed by atoms with Crippen LogP contribution in [0.3, 0.4) is 0 Å². The summed E-state index contributed by atoms with van der Waals surface area (Å²) < 4.78 is 38.7. The lowest BCUT2D eigenvalue weighted by Crippen LogP contribution is -2.07. The van der Waals surface area contributed by atoms with Crippen molar-refractivity contribution in [3.8, 4) is 0 Å². The van der Waals surface area contributed by atoms with Crippen LogP contribution < -0.4 is 5.32 Å². The van der Waals surface area contributed by atoms with Crippen LogP contribution in [0.2, 0.25) is 5.02 Å². The normalized spacial score (nSPS) is 11.5. The van der Waals surface area contributed by atoms with E-state index >= 15 is 0 Å². The maximum Gasteiger partial charge on any atom is 0.417 e. The molecule has 0 radical (unpaired) electrons. The summed E-state index contributed by atoms with van der Waals surface area (Å²) in [5.74, 6) is 0. The van der Waals surface area contributed by atoms with Crippen molar-refractivity contribution < 1.29 is 13.2 Å². The van der Waals surface area contributed by atoms with Gasteiger partial charge in [-0.15, -0.1) is 0 Å². The van der Waals surface area contributed by atoms with Crippen molar-refractivity contribution in [1.82, 2.24) is 4.98 Å². The number of nitrogens with one attached hydrogen (secondary N) is 1. The fourth-order valence-corrected chi connectivity index (χ4v) is 3.62. The van der Waals surface area contributed by atoms with Gasteiger partial charge in [-0.2, -0.15) is 13.2 Å². The molecule has 0 fully saturated rings. The molecule has 27 heavy (non-hydrogen) atoms. The van der Waals surface area contributed by atoms with Crippen molar-refractivity contribution in [2.24, 2.45) is 0 Å². The fourth-order valence-electron chi connectivity index (χ4n) is 2.42. The first-order chi connectivity index (χ1) is 12.7. The summed E-state index contributed by atoms with van der Waals surface area (Å²) in [5, 5.41) is 3.49. The number of benzene rings is 2. The molecule has 140 valence electrons. The first kappa shape index (κ1) is 19.6. The number of hydrogen-bond donors (Lipinski definition) is 1. The Morgan fingerprint density at radius 1 is 1.00 bits per heavy atom. The lowest BCUT2D eigenvalue weighted by atomic mass is 10.2. The lowest BCUT2D eigenvalue weighted by molar-refractivity contribution is -0.137. The van der Waals surface area contributed by atoms with E-state index in [1.54, 1.807) is 30.8 Å². The van der Waals surface area contributed by atoms with Crippen LogP contribution in [-0.4, -0.2) is 4.98 Å². The lowest BCUT2D eigenvalue weighted by Gasteiger charge is -2.14. The zero-order chi connectivity index (χ0) is 19.6. The number of pyridine rings is 1. The van der Waals surface area contributed by atoms with Crippen LogP contribution in [0.1, 0.15) is 16.8 Å². The average Bonchev–Trinajstić information content (AvgIpc) is 2.60. The molecule has 0 saturated heterocycles. The van der Waals surface area contributed by atoms with Gasteiger partial charge in [-0.3, -0.25) is 4.98 Å². The molecule has 0 unspecified atom stereocenters. The molecule has 0 bridgehead atoms. The van der Waals surface area contributed by atoms with Gasteiger partial charge in [0.1, 0.15) is 0 Å². The number of aromatic nitrogens is 1. The largest absolute Gasteiger partial charge is 0.417 e. The highest BCUT2D eigenvalue weighted by Crippen LogP contribution is 2.37.